The van der Waals surface area contributed by atoms with Gasteiger partial charge in [0.2, 0.25) is 0 Å². The van der Waals surface area contributed by atoms with Crippen molar-refractivity contribution in [3.05, 3.63) is 30.0 Å². The molecule has 0 spiro atoms. The van der Waals surface area contributed by atoms with Crippen molar-refractivity contribution >= 4 is 10.9 Å². The third-order valence-electron chi connectivity index (χ3n) is 1.89. The van der Waals surface area contributed by atoms with Crippen molar-refractivity contribution in [2.24, 2.45) is 0 Å². The Labute approximate surface area is 68.6 Å². The lowest BCUT2D eigenvalue weighted by atomic mass is 10.2. The van der Waals surface area contributed by atoms with Gasteiger partial charge < -0.3 is 10.1 Å². The number of phenolic OH excluding ortho intramolecular Hbond substituents is 1. The normalized spacial score (nSPS) is 10.8. The molecule has 1 heterocycles. The third-order valence-corrected chi connectivity index (χ3v) is 1.89. The number of phenols is 1. The number of alkyl halides is 1. The smallest absolute Gasteiger partial charge is 0.117 e. The molecule has 1 aromatic carbocycles. The molecule has 0 aliphatic heterocycles. The summed E-state index contributed by atoms with van der Waals surface area (Å²) in [7, 11) is 0. The van der Waals surface area contributed by atoms with Crippen molar-refractivity contribution in [3.8, 4) is 5.75 Å². The van der Waals surface area contributed by atoms with E-state index in [-0.39, 0.29) is 5.75 Å². The average molecular weight is 165 g/mol. The van der Waals surface area contributed by atoms with Gasteiger partial charge in [0.05, 0.1) is 0 Å². The van der Waals surface area contributed by atoms with E-state index in [0.717, 1.165) is 10.9 Å². The Morgan fingerprint density at radius 2 is 2.25 bits per heavy atom. The van der Waals surface area contributed by atoms with Crippen LogP contribution in [-0.2, 0) is 6.67 Å². The van der Waals surface area contributed by atoms with Crippen LogP contribution in [0.4, 0.5) is 4.39 Å². The molecule has 0 saturated carbocycles. The molecule has 2 aromatic rings. The number of H-pyrrole nitrogens is 1. The first-order valence-electron chi connectivity index (χ1n) is 3.66. The minimum Gasteiger partial charge on any atom is -0.508 e. The fourth-order valence-electron chi connectivity index (χ4n) is 1.28. The van der Waals surface area contributed by atoms with Crippen LogP contribution in [0.3, 0.4) is 0 Å². The van der Waals surface area contributed by atoms with Crippen molar-refractivity contribution in [3.63, 3.8) is 0 Å². The van der Waals surface area contributed by atoms with Crippen molar-refractivity contribution in [1.82, 2.24) is 4.98 Å². The fraction of sp³-hybridized carbons (Fsp3) is 0.111. The average Bonchev–Trinajstić information content (AvgIpc) is 2.46. The SMILES string of the molecule is Oc1ccc2c(CF)c[nH]c2c1. The van der Waals surface area contributed by atoms with Crippen molar-refractivity contribution in [2.75, 3.05) is 0 Å². The van der Waals surface area contributed by atoms with E-state index in [2.05, 4.69) is 4.98 Å². The van der Waals surface area contributed by atoms with E-state index in [1.807, 2.05) is 0 Å². The van der Waals surface area contributed by atoms with Gasteiger partial charge in [0.1, 0.15) is 12.4 Å². The van der Waals surface area contributed by atoms with E-state index in [4.69, 9.17) is 5.11 Å². The molecular formula is C9H8FNO. The molecule has 0 atom stereocenters. The zero-order valence-corrected chi connectivity index (χ0v) is 6.34. The molecule has 2 nitrogen and oxygen atoms in total. The second-order valence-electron chi connectivity index (χ2n) is 2.68. The Bertz CT molecular complexity index is 408. The molecule has 0 amide bonds. The largest absolute Gasteiger partial charge is 0.508 e. The molecule has 12 heavy (non-hydrogen) atoms. The van der Waals surface area contributed by atoms with Crippen LogP contribution in [-0.4, -0.2) is 10.1 Å². The summed E-state index contributed by atoms with van der Waals surface area (Å²) in [6.45, 7) is -0.481. The number of hydrogen-bond acceptors (Lipinski definition) is 1. The van der Waals surface area contributed by atoms with Gasteiger partial charge in [-0.25, -0.2) is 4.39 Å². The van der Waals surface area contributed by atoms with Gasteiger partial charge in [-0.2, -0.15) is 0 Å². The number of rotatable bonds is 1. The molecule has 2 N–H and O–H groups in total. The van der Waals surface area contributed by atoms with Gasteiger partial charge in [0.25, 0.3) is 0 Å². The van der Waals surface area contributed by atoms with Gasteiger partial charge in [0.15, 0.2) is 0 Å². The van der Waals surface area contributed by atoms with Crippen molar-refractivity contribution < 1.29 is 9.50 Å². The highest BCUT2D eigenvalue weighted by molar-refractivity contribution is 5.84. The van der Waals surface area contributed by atoms with E-state index in [1.165, 1.54) is 0 Å². The van der Waals surface area contributed by atoms with E-state index < -0.39 is 6.67 Å². The summed E-state index contributed by atoms with van der Waals surface area (Å²) in [6.07, 6.45) is 1.62. The second-order valence-corrected chi connectivity index (χ2v) is 2.68. The Hall–Kier alpha value is -1.51. The Morgan fingerprint density at radius 3 is 3.00 bits per heavy atom. The van der Waals surface area contributed by atoms with Gasteiger partial charge in [-0.05, 0) is 12.1 Å². The van der Waals surface area contributed by atoms with Crippen molar-refractivity contribution in [1.29, 1.82) is 0 Å². The van der Waals surface area contributed by atoms with E-state index >= 15 is 0 Å². The maximum Gasteiger partial charge on any atom is 0.117 e. The molecule has 2 rings (SSSR count). The minimum absolute atomic E-state index is 0.190. The van der Waals surface area contributed by atoms with Crippen LogP contribution in [0, 0.1) is 0 Å². The highest BCUT2D eigenvalue weighted by Crippen LogP contribution is 2.22. The van der Waals surface area contributed by atoms with Crippen LogP contribution in [0.25, 0.3) is 10.9 Å². The zero-order valence-electron chi connectivity index (χ0n) is 6.34. The van der Waals surface area contributed by atoms with E-state index in [0.29, 0.717) is 5.56 Å². The van der Waals surface area contributed by atoms with Gasteiger partial charge in [-0.3, -0.25) is 0 Å². The van der Waals surface area contributed by atoms with Crippen LogP contribution < -0.4 is 0 Å². The maximum absolute atomic E-state index is 12.3. The Kier molecular flexibility index (Phi) is 1.50. The number of hydrogen-bond donors (Lipinski definition) is 2. The first-order valence-corrected chi connectivity index (χ1v) is 3.66. The number of halogens is 1. The van der Waals surface area contributed by atoms with Gasteiger partial charge in [-0.1, -0.05) is 0 Å². The summed E-state index contributed by atoms with van der Waals surface area (Å²) in [6, 6.07) is 4.83. The van der Waals surface area contributed by atoms with Crippen molar-refractivity contribution in [2.45, 2.75) is 6.67 Å². The highest BCUT2D eigenvalue weighted by atomic mass is 19.1. The van der Waals surface area contributed by atoms with Crippen LogP contribution in [0.1, 0.15) is 5.56 Å². The van der Waals surface area contributed by atoms with Crippen LogP contribution in [0.15, 0.2) is 24.4 Å². The standard InChI is InChI=1S/C9H8FNO/c10-4-6-5-11-9-3-7(12)1-2-8(6)9/h1-3,5,11-12H,4H2. The lowest BCUT2D eigenvalue weighted by Crippen LogP contribution is -1.72. The molecule has 0 unspecified atom stereocenters. The number of benzene rings is 1. The molecule has 0 fully saturated rings. The van der Waals surface area contributed by atoms with E-state index in [1.54, 1.807) is 24.4 Å². The summed E-state index contributed by atoms with van der Waals surface area (Å²) in [5.74, 6) is 0.190. The summed E-state index contributed by atoms with van der Waals surface area (Å²) in [5.41, 5.74) is 1.40. The first-order chi connectivity index (χ1) is 5.81. The van der Waals surface area contributed by atoms with Crippen LogP contribution >= 0.6 is 0 Å². The molecule has 0 radical (unpaired) electrons. The molecule has 3 heteroatoms. The zero-order chi connectivity index (χ0) is 8.55. The minimum atomic E-state index is -0.481. The quantitative estimate of drug-likeness (QED) is 0.668. The monoisotopic (exact) mass is 165 g/mol. The molecule has 0 saturated heterocycles. The molecule has 0 bridgehead atoms. The number of aromatic nitrogens is 1. The molecule has 0 aliphatic rings. The summed E-state index contributed by atoms with van der Waals surface area (Å²) < 4.78 is 12.3. The second kappa shape index (κ2) is 2.52. The maximum atomic E-state index is 12.3. The lowest BCUT2D eigenvalue weighted by Gasteiger charge is -1.92. The van der Waals surface area contributed by atoms with Gasteiger partial charge in [-0.15, -0.1) is 0 Å². The number of nitrogens with one attached hydrogen (secondary N) is 1. The predicted molar refractivity (Wildman–Crippen MR) is 44.8 cm³/mol. The molecular weight excluding hydrogens is 157 g/mol. The number of fused-ring (bicyclic) bond motifs is 1. The highest BCUT2D eigenvalue weighted by Gasteiger charge is 2.02. The van der Waals surface area contributed by atoms with Crippen LogP contribution in [0.2, 0.25) is 0 Å². The third kappa shape index (κ3) is 0.942. The van der Waals surface area contributed by atoms with Gasteiger partial charge in [0, 0.05) is 28.7 Å². The summed E-state index contributed by atoms with van der Waals surface area (Å²) in [4.78, 5) is 2.88. The Morgan fingerprint density at radius 1 is 1.42 bits per heavy atom. The van der Waals surface area contributed by atoms with Crippen LogP contribution in [0.5, 0.6) is 5.75 Å². The van der Waals surface area contributed by atoms with Gasteiger partial charge >= 0.3 is 0 Å². The topological polar surface area (TPSA) is 36.0 Å². The lowest BCUT2D eigenvalue weighted by molar-refractivity contribution is 0.476. The fourth-order valence-corrected chi connectivity index (χ4v) is 1.28. The molecule has 1 aromatic heterocycles. The molecule has 0 aliphatic carbocycles. The molecule has 62 valence electrons. The first kappa shape index (κ1) is 7.16. The number of aromatic amines is 1. The Balaban J connectivity index is 2.73. The summed E-state index contributed by atoms with van der Waals surface area (Å²) in [5, 5.41) is 9.93. The van der Waals surface area contributed by atoms with E-state index in [9.17, 15) is 4.39 Å². The predicted octanol–water partition coefficient (Wildman–Crippen LogP) is 2.34. The number of aromatic hydroxyl groups is 1. The summed E-state index contributed by atoms with van der Waals surface area (Å²) >= 11 is 0.